The van der Waals surface area contributed by atoms with E-state index in [-0.39, 0.29) is 5.92 Å². The first-order chi connectivity index (χ1) is 7.15. The molecule has 0 saturated carbocycles. The minimum Gasteiger partial charge on any atom is -0.409 e. The summed E-state index contributed by atoms with van der Waals surface area (Å²) in [5.74, 6) is 1.62. The van der Waals surface area contributed by atoms with Gasteiger partial charge in [-0.1, -0.05) is 19.0 Å². The lowest BCUT2D eigenvalue weighted by Crippen LogP contribution is -2.35. The molecule has 0 aliphatic heterocycles. The van der Waals surface area contributed by atoms with Gasteiger partial charge in [-0.25, -0.2) is 0 Å². The van der Waals surface area contributed by atoms with Crippen LogP contribution in [-0.2, 0) is 0 Å². The Bertz CT molecular complexity index is 188. The van der Waals surface area contributed by atoms with Crippen LogP contribution in [0.25, 0.3) is 0 Å². The topological polar surface area (TPSA) is 61.8 Å². The first kappa shape index (κ1) is 14.6. The quantitative estimate of drug-likeness (QED) is 0.219. The molecule has 15 heavy (non-hydrogen) atoms. The van der Waals surface area contributed by atoms with Crippen LogP contribution in [-0.4, -0.2) is 47.6 Å². The van der Waals surface area contributed by atoms with Crippen molar-refractivity contribution in [3.63, 3.8) is 0 Å². The maximum absolute atomic E-state index is 8.55. The van der Waals surface area contributed by atoms with E-state index in [1.165, 1.54) is 12.2 Å². The van der Waals surface area contributed by atoms with E-state index in [0.717, 1.165) is 19.6 Å². The standard InChI is InChI=1S/C10H23N3OS/c1-4-13(6-5-7-15-3)8-9(2)10(11)12-14/h9,14H,4-8H2,1-3H3,(H2,11,12). The van der Waals surface area contributed by atoms with Crippen LogP contribution in [0.15, 0.2) is 5.16 Å². The second kappa shape index (κ2) is 8.85. The van der Waals surface area contributed by atoms with E-state index in [1.807, 2.05) is 18.7 Å². The summed E-state index contributed by atoms with van der Waals surface area (Å²) in [6.07, 6.45) is 3.31. The Morgan fingerprint density at radius 3 is 2.73 bits per heavy atom. The fourth-order valence-electron chi connectivity index (χ4n) is 1.39. The Labute approximate surface area is 96.9 Å². The van der Waals surface area contributed by atoms with Crippen molar-refractivity contribution in [3.8, 4) is 0 Å². The minimum absolute atomic E-state index is 0.115. The molecule has 0 aliphatic carbocycles. The highest BCUT2D eigenvalue weighted by Gasteiger charge is 2.11. The number of amidine groups is 1. The number of thioether (sulfide) groups is 1. The van der Waals surface area contributed by atoms with Gasteiger partial charge in [0.15, 0.2) is 0 Å². The smallest absolute Gasteiger partial charge is 0.143 e. The van der Waals surface area contributed by atoms with Crippen LogP contribution >= 0.6 is 11.8 Å². The van der Waals surface area contributed by atoms with Gasteiger partial charge in [0, 0.05) is 12.5 Å². The molecule has 0 aliphatic rings. The number of nitrogens with two attached hydrogens (primary N) is 1. The minimum atomic E-state index is 0.115. The summed E-state index contributed by atoms with van der Waals surface area (Å²) >= 11 is 1.87. The van der Waals surface area contributed by atoms with E-state index < -0.39 is 0 Å². The van der Waals surface area contributed by atoms with Crippen molar-refractivity contribution in [1.82, 2.24) is 4.90 Å². The Kier molecular flexibility index (Phi) is 8.61. The van der Waals surface area contributed by atoms with Crippen molar-refractivity contribution < 1.29 is 5.21 Å². The average Bonchev–Trinajstić information content (AvgIpc) is 2.26. The van der Waals surface area contributed by atoms with Crippen LogP contribution in [0.2, 0.25) is 0 Å². The van der Waals surface area contributed by atoms with Gasteiger partial charge in [-0.15, -0.1) is 0 Å². The number of hydrogen-bond acceptors (Lipinski definition) is 4. The van der Waals surface area contributed by atoms with Crippen LogP contribution < -0.4 is 5.73 Å². The zero-order valence-electron chi connectivity index (χ0n) is 9.94. The normalized spacial score (nSPS) is 14.5. The van der Waals surface area contributed by atoms with Crippen LogP contribution in [0.4, 0.5) is 0 Å². The van der Waals surface area contributed by atoms with Crippen molar-refractivity contribution in [2.45, 2.75) is 20.3 Å². The lowest BCUT2D eigenvalue weighted by molar-refractivity contribution is 0.266. The molecule has 0 amide bonds. The molecular weight excluding hydrogens is 210 g/mol. The van der Waals surface area contributed by atoms with Gasteiger partial charge in [-0.05, 0) is 31.5 Å². The number of hydrogen-bond donors (Lipinski definition) is 2. The Balaban J connectivity index is 3.87. The SMILES string of the molecule is CCN(CCCSC)CC(C)C(N)=NO. The highest BCUT2D eigenvalue weighted by Crippen LogP contribution is 2.03. The van der Waals surface area contributed by atoms with Gasteiger partial charge in [-0.3, -0.25) is 0 Å². The highest BCUT2D eigenvalue weighted by atomic mass is 32.2. The molecule has 1 atom stereocenters. The lowest BCUT2D eigenvalue weighted by Gasteiger charge is -2.23. The molecule has 0 saturated heterocycles. The summed E-state index contributed by atoms with van der Waals surface area (Å²) in [6.45, 7) is 7.07. The molecule has 0 rings (SSSR count). The predicted octanol–water partition coefficient (Wildman–Crippen LogP) is 1.44. The first-order valence-corrected chi connectivity index (χ1v) is 6.73. The molecular formula is C10H23N3OS. The predicted molar refractivity (Wildman–Crippen MR) is 67.7 cm³/mol. The van der Waals surface area contributed by atoms with Crippen LogP contribution in [0.5, 0.6) is 0 Å². The Morgan fingerprint density at radius 2 is 2.27 bits per heavy atom. The Morgan fingerprint density at radius 1 is 1.60 bits per heavy atom. The molecule has 90 valence electrons. The van der Waals surface area contributed by atoms with E-state index in [1.54, 1.807) is 0 Å². The van der Waals surface area contributed by atoms with Crippen LogP contribution in [0, 0.1) is 5.92 Å². The number of nitrogens with zero attached hydrogens (tertiary/aromatic N) is 2. The third-order valence-electron chi connectivity index (χ3n) is 2.42. The molecule has 0 aromatic rings. The van der Waals surface area contributed by atoms with Crippen molar-refractivity contribution in [1.29, 1.82) is 0 Å². The van der Waals surface area contributed by atoms with E-state index >= 15 is 0 Å². The van der Waals surface area contributed by atoms with E-state index in [2.05, 4.69) is 23.2 Å². The molecule has 0 radical (unpaired) electrons. The molecule has 0 bridgehead atoms. The number of rotatable bonds is 8. The summed E-state index contributed by atoms with van der Waals surface area (Å²) in [4.78, 5) is 2.33. The van der Waals surface area contributed by atoms with E-state index in [9.17, 15) is 0 Å². The monoisotopic (exact) mass is 233 g/mol. The van der Waals surface area contributed by atoms with Crippen molar-refractivity contribution in [3.05, 3.63) is 0 Å². The number of oxime groups is 1. The fraction of sp³-hybridized carbons (Fsp3) is 0.900. The zero-order chi connectivity index (χ0) is 11.7. The van der Waals surface area contributed by atoms with Gasteiger partial charge >= 0.3 is 0 Å². The maximum atomic E-state index is 8.55. The van der Waals surface area contributed by atoms with E-state index in [0.29, 0.717) is 5.84 Å². The molecule has 0 aromatic heterocycles. The average molecular weight is 233 g/mol. The molecule has 3 N–H and O–H groups in total. The molecule has 0 fully saturated rings. The third kappa shape index (κ3) is 6.62. The van der Waals surface area contributed by atoms with E-state index in [4.69, 9.17) is 10.9 Å². The summed E-state index contributed by atoms with van der Waals surface area (Å²) in [7, 11) is 0. The maximum Gasteiger partial charge on any atom is 0.143 e. The molecule has 1 unspecified atom stereocenters. The highest BCUT2D eigenvalue weighted by molar-refractivity contribution is 7.98. The molecule has 0 aromatic carbocycles. The molecule has 4 nitrogen and oxygen atoms in total. The second-order valence-electron chi connectivity index (χ2n) is 3.67. The second-order valence-corrected chi connectivity index (χ2v) is 4.65. The van der Waals surface area contributed by atoms with Gasteiger partial charge in [0.05, 0.1) is 0 Å². The molecule has 0 heterocycles. The summed E-state index contributed by atoms with van der Waals surface area (Å²) < 4.78 is 0. The van der Waals surface area contributed by atoms with Crippen molar-refractivity contribution >= 4 is 17.6 Å². The van der Waals surface area contributed by atoms with Gasteiger partial charge in [0.25, 0.3) is 0 Å². The largest absolute Gasteiger partial charge is 0.409 e. The van der Waals surface area contributed by atoms with Gasteiger partial charge < -0.3 is 15.8 Å². The first-order valence-electron chi connectivity index (χ1n) is 5.34. The third-order valence-corrected chi connectivity index (χ3v) is 3.12. The lowest BCUT2D eigenvalue weighted by atomic mass is 10.1. The fourth-order valence-corrected chi connectivity index (χ4v) is 1.81. The van der Waals surface area contributed by atoms with Gasteiger partial charge in [0.2, 0.25) is 0 Å². The zero-order valence-corrected chi connectivity index (χ0v) is 10.8. The van der Waals surface area contributed by atoms with Crippen molar-refractivity contribution in [2.75, 3.05) is 31.6 Å². The Hall–Kier alpha value is -0.420. The molecule has 5 heteroatoms. The summed E-state index contributed by atoms with van der Waals surface area (Å²) in [6, 6.07) is 0. The van der Waals surface area contributed by atoms with Crippen LogP contribution in [0.1, 0.15) is 20.3 Å². The summed E-state index contributed by atoms with van der Waals surface area (Å²) in [5.41, 5.74) is 5.54. The van der Waals surface area contributed by atoms with Crippen LogP contribution in [0.3, 0.4) is 0 Å². The summed E-state index contributed by atoms with van der Waals surface area (Å²) in [5, 5.41) is 11.6. The molecule has 0 spiro atoms. The van der Waals surface area contributed by atoms with Gasteiger partial charge in [-0.2, -0.15) is 11.8 Å². The van der Waals surface area contributed by atoms with Crippen molar-refractivity contribution in [2.24, 2.45) is 16.8 Å². The van der Waals surface area contributed by atoms with Gasteiger partial charge in [0.1, 0.15) is 5.84 Å².